The molecule has 1 atom stereocenters. The van der Waals surface area contributed by atoms with Gasteiger partial charge >= 0.3 is 0 Å². The molecule has 1 unspecified atom stereocenters. The zero-order valence-electron chi connectivity index (χ0n) is 10.7. The number of rotatable bonds is 5. The lowest BCUT2D eigenvalue weighted by atomic mass is 10.1. The van der Waals surface area contributed by atoms with Gasteiger partial charge in [0, 0.05) is 12.2 Å². The van der Waals surface area contributed by atoms with Crippen molar-refractivity contribution in [2.45, 2.75) is 26.8 Å². The summed E-state index contributed by atoms with van der Waals surface area (Å²) in [5.41, 5.74) is 3.43. The standard InChI is InChI=1S/C14H20N2O/c1-5-8-15-14(17)12(4)16-13-7-6-10(2)11(3)9-13/h5-7,9,12,16H,1,8H2,2-4H3,(H,15,17). The van der Waals surface area contributed by atoms with Gasteiger partial charge in [-0.2, -0.15) is 0 Å². The number of benzene rings is 1. The van der Waals surface area contributed by atoms with Crippen molar-refractivity contribution >= 4 is 11.6 Å². The van der Waals surface area contributed by atoms with Crippen LogP contribution in [0, 0.1) is 13.8 Å². The first-order chi connectivity index (χ1) is 8.04. The first-order valence-electron chi connectivity index (χ1n) is 5.77. The topological polar surface area (TPSA) is 41.1 Å². The van der Waals surface area contributed by atoms with Gasteiger partial charge in [0.2, 0.25) is 5.91 Å². The number of carbonyl (C=O) groups is 1. The second-order valence-corrected chi connectivity index (χ2v) is 4.20. The summed E-state index contributed by atoms with van der Waals surface area (Å²) >= 11 is 0. The Labute approximate surface area is 103 Å². The van der Waals surface area contributed by atoms with Crippen molar-refractivity contribution in [3.63, 3.8) is 0 Å². The summed E-state index contributed by atoms with van der Waals surface area (Å²) in [5.74, 6) is -0.0249. The van der Waals surface area contributed by atoms with Crippen LogP contribution in [0.25, 0.3) is 0 Å². The van der Waals surface area contributed by atoms with Gasteiger partial charge in [0.1, 0.15) is 6.04 Å². The quantitative estimate of drug-likeness (QED) is 0.765. The van der Waals surface area contributed by atoms with Crippen molar-refractivity contribution in [1.29, 1.82) is 0 Å². The van der Waals surface area contributed by atoms with Gasteiger partial charge < -0.3 is 10.6 Å². The average Bonchev–Trinajstić information content (AvgIpc) is 2.30. The second kappa shape index (κ2) is 6.09. The molecule has 0 fully saturated rings. The maximum Gasteiger partial charge on any atom is 0.242 e. The molecule has 1 amide bonds. The molecule has 0 aliphatic heterocycles. The Morgan fingerprint density at radius 1 is 1.41 bits per heavy atom. The Morgan fingerprint density at radius 2 is 2.12 bits per heavy atom. The van der Waals surface area contributed by atoms with E-state index in [-0.39, 0.29) is 11.9 Å². The van der Waals surface area contributed by atoms with E-state index in [0.717, 1.165) is 5.69 Å². The SMILES string of the molecule is C=CCNC(=O)C(C)Nc1ccc(C)c(C)c1. The summed E-state index contributed by atoms with van der Waals surface area (Å²) < 4.78 is 0. The summed E-state index contributed by atoms with van der Waals surface area (Å²) in [6.45, 7) is 10.0. The van der Waals surface area contributed by atoms with Crippen LogP contribution in [-0.2, 0) is 4.79 Å². The average molecular weight is 232 g/mol. The molecule has 0 bridgehead atoms. The maximum atomic E-state index is 11.6. The van der Waals surface area contributed by atoms with Crippen molar-refractivity contribution in [3.05, 3.63) is 42.0 Å². The molecule has 0 aliphatic rings. The van der Waals surface area contributed by atoms with Crippen LogP contribution in [0.1, 0.15) is 18.1 Å². The number of hydrogen-bond donors (Lipinski definition) is 2. The lowest BCUT2D eigenvalue weighted by Crippen LogP contribution is -2.37. The number of aryl methyl sites for hydroxylation is 2. The highest BCUT2D eigenvalue weighted by molar-refractivity contribution is 5.84. The largest absolute Gasteiger partial charge is 0.374 e. The highest BCUT2D eigenvalue weighted by atomic mass is 16.2. The van der Waals surface area contributed by atoms with Crippen LogP contribution in [-0.4, -0.2) is 18.5 Å². The van der Waals surface area contributed by atoms with Crippen LogP contribution in [0.2, 0.25) is 0 Å². The third kappa shape index (κ3) is 3.94. The molecule has 0 aliphatic carbocycles. The molecule has 0 spiro atoms. The molecule has 0 aromatic heterocycles. The van der Waals surface area contributed by atoms with Gasteiger partial charge in [0.05, 0.1) is 0 Å². The van der Waals surface area contributed by atoms with E-state index in [1.54, 1.807) is 6.08 Å². The molecule has 0 radical (unpaired) electrons. The molecule has 1 rings (SSSR count). The molecule has 1 aromatic rings. The fourth-order valence-corrected chi connectivity index (χ4v) is 1.47. The fourth-order valence-electron chi connectivity index (χ4n) is 1.47. The number of nitrogens with one attached hydrogen (secondary N) is 2. The van der Waals surface area contributed by atoms with Crippen LogP contribution >= 0.6 is 0 Å². The summed E-state index contributed by atoms with van der Waals surface area (Å²) in [5, 5.41) is 5.93. The van der Waals surface area contributed by atoms with Crippen LogP contribution in [0.15, 0.2) is 30.9 Å². The number of anilines is 1. The van der Waals surface area contributed by atoms with E-state index in [1.807, 2.05) is 25.1 Å². The van der Waals surface area contributed by atoms with E-state index in [1.165, 1.54) is 11.1 Å². The summed E-state index contributed by atoms with van der Waals surface area (Å²) in [7, 11) is 0. The lowest BCUT2D eigenvalue weighted by molar-refractivity contribution is -0.121. The Morgan fingerprint density at radius 3 is 2.71 bits per heavy atom. The monoisotopic (exact) mass is 232 g/mol. The third-order valence-electron chi connectivity index (χ3n) is 2.70. The lowest BCUT2D eigenvalue weighted by Gasteiger charge is -2.15. The minimum absolute atomic E-state index is 0.0249. The molecule has 92 valence electrons. The van der Waals surface area contributed by atoms with Crippen LogP contribution in [0.3, 0.4) is 0 Å². The first-order valence-corrected chi connectivity index (χ1v) is 5.77. The van der Waals surface area contributed by atoms with Crippen molar-refractivity contribution in [2.24, 2.45) is 0 Å². The van der Waals surface area contributed by atoms with Gasteiger partial charge in [-0.15, -0.1) is 6.58 Å². The van der Waals surface area contributed by atoms with Crippen LogP contribution < -0.4 is 10.6 Å². The highest BCUT2D eigenvalue weighted by Crippen LogP contribution is 2.14. The maximum absolute atomic E-state index is 11.6. The van der Waals surface area contributed by atoms with Crippen LogP contribution in [0.4, 0.5) is 5.69 Å². The van der Waals surface area contributed by atoms with Crippen molar-refractivity contribution in [1.82, 2.24) is 5.32 Å². The Bertz CT molecular complexity index is 413. The second-order valence-electron chi connectivity index (χ2n) is 4.20. The molecule has 3 nitrogen and oxygen atoms in total. The first kappa shape index (κ1) is 13.3. The van der Waals surface area contributed by atoms with E-state index >= 15 is 0 Å². The van der Waals surface area contributed by atoms with Crippen LogP contribution in [0.5, 0.6) is 0 Å². The minimum Gasteiger partial charge on any atom is -0.374 e. The van der Waals surface area contributed by atoms with E-state index in [0.29, 0.717) is 6.54 Å². The van der Waals surface area contributed by atoms with E-state index < -0.39 is 0 Å². The predicted molar refractivity (Wildman–Crippen MR) is 72.2 cm³/mol. The predicted octanol–water partition coefficient (Wildman–Crippen LogP) is 2.41. The minimum atomic E-state index is -0.253. The van der Waals surface area contributed by atoms with Crippen molar-refractivity contribution in [3.8, 4) is 0 Å². The molecule has 3 heteroatoms. The van der Waals surface area contributed by atoms with Crippen molar-refractivity contribution in [2.75, 3.05) is 11.9 Å². The van der Waals surface area contributed by atoms with Gasteiger partial charge in [0.25, 0.3) is 0 Å². The molecule has 0 heterocycles. The summed E-state index contributed by atoms with van der Waals surface area (Å²) in [6.07, 6.45) is 1.67. The third-order valence-corrected chi connectivity index (χ3v) is 2.70. The Kier molecular flexibility index (Phi) is 4.76. The molecule has 1 aromatic carbocycles. The molecule has 17 heavy (non-hydrogen) atoms. The van der Waals surface area contributed by atoms with Gasteiger partial charge in [-0.25, -0.2) is 0 Å². The fraction of sp³-hybridized carbons (Fsp3) is 0.357. The highest BCUT2D eigenvalue weighted by Gasteiger charge is 2.11. The van der Waals surface area contributed by atoms with E-state index in [4.69, 9.17) is 0 Å². The zero-order chi connectivity index (χ0) is 12.8. The number of carbonyl (C=O) groups excluding carboxylic acids is 1. The molecule has 2 N–H and O–H groups in total. The Hall–Kier alpha value is -1.77. The number of amides is 1. The van der Waals surface area contributed by atoms with Crippen molar-refractivity contribution < 1.29 is 4.79 Å². The molecular formula is C14H20N2O. The van der Waals surface area contributed by atoms with Gasteiger partial charge in [-0.05, 0) is 44.0 Å². The van der Waals surface area contributed by atoms with E-state index in [9.17, 15) is 4.79 Å². The molecule has 0 saturated carbocycles. The summed E-state index contributed by atoms with van der Waals surface area (Å²) in [6, 6.07) is 5.83. The number of hydrogen-bond acceptors (Lipinski definition) is 2. The van der Waals surface area contributed by atoms with Gasteiger partial charge in [-0.1, -0.05) is 12.1 Å². The molecular weight excluding hydrogens is 212 g/mol. The summed E-state index contributed by atoms with van der Waals surface area (Å²) in [4.78, 5) is 11.6. The smallest absolute Gasteiger partial charge is 0.242 e. The molecule has 0 saturated heterocycles. The van der Waals surface area contributed by atoms with Gasteiger partial charge in [-0.3, -0.25) is 4.79 Å². The normalized spacial score (nSPS) is 11.7. The zero-order valence-corrected chi connectivity index (χ0v) is 10.7. The Balaban J connectivity index is 2.61. The van der Waals surface area contributed by atoms with Gasteiger partial charge in [0.15, 0.2) is 0 Å². The van der Waals surface area contributed by atoms with E-state index in [2.05, 4.69) is 31.1 Å².